The van der Waals surface area contributed by atoms with Gasteiger partial charge in [0.1, 0.15) is 40.6 Å². The van der Waals surface area contributed by atoms with Gasteiger partial charge < -0.3 is 24.4 Å². The maximum Gasteiger partial charge on any atom is 0.263 e. The fraction of sp³-hybridized carbons (Fsp3) is 0.375. The third kappa shape index (κ3) is 3.73. The Labute approximate surface area is 200 Å². The van der Waals surface area contributed by atoms with Crippen LogP contribution in [0, 0.1) is 5.82 Å². The van der Waals surface area contributed by atoms with Gasteiger partial charge in [0.15, 0.2) is 5.75 Å². The Kier molecular flexibility index (Phi) is 5.81. The Morgan fingerprint density at radius 2 is 2.12 bits per heavy atom. The molecule has 0 unspecified atom stereocenters. The molecule has 0 spiro atoms. The second-order valence-corrected chi connectivity index (χ2v) is 8.92. The van der Waals surface area contributed by atoms with Crippen molar-refractivity contribution in [2.75, 3.05) is 26.2 Å². The van der Waals surface area contributed by atoms with E-state index in [1.165, 1.54) is 24.3 Å². The van der Waals surface area contributed by atoms with Crippen molar-refractivity contribution in [3.63, 3.8) is 0 Å². The van der Waals surface area contributed by atoms with Crippen LogP contribution in [0.1, 0.15) is 29.6 Å². The predicted molar refractivity (Wildman–Crippen MR) is 122 cm³/mol. The van der Waals surface area contributed by atoms with E-state index in [0.717, 1.165) is 19.3 Å². The Morgan fingerprint density at radius 1 is 1.32 bits per heavy atom. The van der Waals surface area contributed by atoms with Crippen LogP contribution in [-0.4, -0.2) is 70.1 Å². The molecule has 2 amide bonds. The lowest BCUT2D eigenvalue weighted by Crippen LogP contribution is -2.57. The second kappa shape index (κ2) is 8.79. The third-order valence-electron chi connectivity index (χ3n) is 6.48. The summed E-state index contributed by atoms with van der Waals surface area (Å²) >= 11 is 6.63. The smallest absolute Gasteiger partial charge is 0.263 e. The highest BCUT2D eigenvalue weighted by Gasteiger charge is 2.41. The number of phenols is 1. The fourth-order valence-electron chi connectivity index (χ4n) is 4.41. The van der Waals surface area contributed by atoms with Crippen LogP contribution in [0.5, 0.6) is 17.4 Å². The van der Waals surface area contributed by atoms with Crippen LogP contribution in [0.2, 0.25) is 5.02 Å². The van der Waals surface area contributed by atoms with Crippen LogP contribution in [0.4, 0.5) is 4.39 Å². The summed E-state index contributed by atoms with van der Waals surface area (Å²) in [6, 6.07) is 3.45. The van der Waals surface area contributed by atoms with E-state index < -0.39 is 11.9 Å². The number of carbonyl (C=O) groups excluding carboxylic acids is 2. The quantitative estimate of drug-likeness (QED) is 0.664. The van der Waals surface area contributed by atoms with Gasteiger partial charge in [0, 0.05) is 19.6 Å². The summed E-state index contributed by atoms with van der Waals surface area (Å²) in [6.07, 6.45) is 3.71. The van der Waals surface area contributed by atoms with Gasteiger partial charge in [-0.1, -0.05) is 24.2 Å². The van der Waals surface area contributed by atoms with Gasteiger partial charge in [-0.2, -0.15) is 0 Å². The molecule has 3 aliphatic rings. The number of rotatable bonds is 4. The summed E-state index contributed by atoms with van der Waals surface area (Å²) in [7, 11) is 0. The zero-order chi connectivity index (χ0) is 24.0. The van der Waals surface area contributed by atoms with Crippen LogP contribution in [0.15, 0.2) is 30.9 Å². The normalized spacial score (nSPS) is 19.9. The minimum atomic E-state index is -0.722. The average molecular weight is 488 g/mol. The highest BCUT2D eigenvalue weighted by atomic mass is 35.5. The molecule has 1 saturated carbocycles. The van der Waals surface area contributed by atoms with E-state index in [9.17, 15) is 19.1 Å². The number of aromatic nitrogens is 1. The lowest BCUT2D eigenvalue weighted by Gasteiger charge is -2.39. The van der Waals surface area contributed by atoms with Crippen molar-refractivity contribution in [3.05, 3.63) is 47.3 Å². The van der Waals surface area contributed by atoms with E-state index in [4.69, 9.17) is 21.1 Å². The summed E-state index contributed by atoms with van der Waals surface area (Å²) < 4.78 is 26.8. The van der Waals surface area contributed by atoms with Crippen molar-refractivity contribution in [2.24, 2.45) is 0 Å². The van der Waals surface area contributed by atoms with Crippen LogP contribution >= 0.6 is 11.6 Å². The first-order valence-electron chi connectivity index (χ1n) is 11.1. The molecule has 1 aliphatic carbocycles. The number of carbonyl (C=O) groups is 2. The molecule has 10 heteroatoms. The second-order valence-electron chi connectivity index (χ2n) is 8.54. The van der Waals surface area contributed by atoms with Gasteiger partial charge in [0.25, 0.3) is 5.91 Å². The van der Waals surface area contributed by atoms with Gasteiger partial charge in [-0.25, -0.2) is 9.37 Å². The number of piperazine rings is 1. The van der Waals surface area contributed by atoms with Gasteiger partial charge in [0.05, 0.1) is 11.6 Å². The molecule has 1 aromatic carbocycles. The van der Waals surface area contributed by atoms with Crippen molar-refractivity contribution in [1.29, 1.82) is 0 Å². The predicted octanol–water partition coefficient (Wildman–Crippen LogP) is 3.41. The number of benzene rings is 1. The monoisotopic (exact) mass is 487 g/mol. The number of pyridine rings is 1. The number of fused-ring (bicyclic) bond motifs is 2. The molecule has 2 fully saturated rings. The van der Waals surface area contributed by atoms with E-state index in [-0.39, 0.29) is 70.3 Å². The maximum absolute atomic E-state index is 14.7. The molecule has 34 heavy (non-hydrogen) atoms. The van der Waals surface area contributed by atoms with Gasteiger partial charge >= 0.3 is 0 Å². The van der Waals surface area contributed by atoms with Gasteiger partial charge in [-0.15, -0.1) is 0 Å². The summed E-state index contributed by atoms with van der Waals surface area (Å²) in [5, 5.41) is 10.2. The van der Waals surface area contributed by atoms with Crippen LogP contribution in [-0.2, 0) is 4.79 Å². The molecular weight excluding hydrogens is 465 g/mol. The molecule has 1 N–H and O–H groups in total. The molecule has 3 heterocycles. The number of aromatic hydroxyl groups is 1. The Balaban J connectivity index is 1.61. The van der Waals surface area contributed by atoms with Crippen LogP contribution in [0.25, 0.3) is 11.3 Å². The molecule has 1 aromatic heterocycles. The highest BCUT2D eigenvalue weighted by molar-refractivity contribution is 6.35. The maximum atomic E-state index is 14.7. The molecule has 0 radical (unpaired) electrons. The third-order valence-corrected chi connectivity index (χ3v) is 6.83. The number of phenolic OH excluding ortho intramolecular Hbond substituents is 1. The van der Waals surface area contributed by atoms with Gasteiger partial charge in [-0.05, 0) is 37.5 Å². The lowest BCUT2D eigenvalue weighted by atomic mass is 9.96. The van der Waals surface area contributed by atoms with Gasteiger partial charge in [0.2, 0.25) is 11.8 Å². The van der Waals surface area contributed by atoms with Crippen LogP contribution < -0.4 is 9.47 Å². The molecular formula is C24H23ClFN3O5. The van der Waals surface area contributed by atoms with Crippen molar-refractivity contribution < 1.29 is 28.6 Å². The summed E-state index contributed by atoms with van der Waals surface area (Å²) in [4.78, 5) is 33.5. The molecule has 2 aliphatic heterocycles. The van der Waals surface area contributed by atoms with E-state index >= 15 is 0 Å². The summed E-state index contributed by atoms with van der Waals surface area (Å²) in [6.45, 7) is 4.51. The zero-order valence-electron chi connectivity index (χ0n) is 18.3. The first kappa shape index (κ1) is 22.5. The van der Waals surface area contributed by atoms with E-state index in [0.29, 0.717) is 13.1 Å². The molecule has 0 bridgehead atoms. The minimum Gasteiger partial charge on any atom is -0.507 e. The van der Waals surface area contributed by atoms with Crippen molar-refractivity contribution >= 4 is 23.4 Å². The topological polar surface area (TPSA) is 92.2 Å². The minimum absolute atomic E-state index is 0.00278. The van der Waals surface area contributed by atoms with Crippen LogP contribution in [0.3, 0.4) is 0 Å². The Bertz CT molecular complexity index is 1170. The number of hydrogen-bond acceptors (Lipinski definition) is 6. The molecule has 1 atom stereocenters. The fourth-order valence-corrected chi connectivity index (χ4v) is 4.69. The van der Waals surface area contributed by atoms with Gasteiger partial charge in [-0.3, -0.25) is 9.59 Å². The highest BCUT2D eigenvalue weighted by Crippen LogP contribution is 2.46. The van der Waals surface area contributed by atoms with E-state index in [2.05, 4.69) is 11.6 Å². The van der Waals surface area contributed by atoms with Crippen molar-refractivity contribution in [1.82, 2.24) is 14.8 Å². The zero-order valence-corrected chi connectivity index (χ0v) is 19.1. The molecule has 178 valence electrons. The van der Waals surface area contributed by atoms with E-state index in [1.807, 2.05) is 0 Å². The number of ether oxygens (including phenoxy) is 2. The number of hydrogen-bond donors (Lipinski definition) is 1. The number of amides is 2. The number of nitrogens with zero attached hydrogens (tertiary/aromatic N) is 3. The lowest BCUT2D eigenvalue weighted by molar-refractivity contribution is -0.128. The first-order chi connectivity index (χ1) is 16.4. The standard InChI is InChI=1S/C24H23ClFN3O5/c1-2-17(31)28-9-10-29-13(11-28)12-33-22-19(24(29)32)23(34-14-5-3-6-14)27-21(20(22)25)18-15(26)7-4-8-16(18)30/h2,4,7-8,13-14,30H,1,3,5-6,9-12H2/t13-/m1/s1. The molecule has 5 rings (SSSR count). The van der Waals surface area contributed by atoms with Crippen molar-refractivity contribution in [3.8, 4) is 28.6 Å². The SMILES string of the molecule is C=CC(=O)N1CCN2C(=O)c3c(OC4CCC4)nc(-c4c(O)cccc4F)c(Cl)c3OC[C@H]2C1. The Morgan fingerprint density at radius 3 is 2.79 bits per heavy atom. The largest absolute Gasteiger partial charge is 0.507 e. The molecule has 2 aromatic rings. The summed E-state index contributed by atoms with van der Waals surface area (Å²) in [5.74, 6) is -1.64. The number of halogens is 2. The van der Waals surface area contributed by atoms with Crippen molar-refractivity contribution in [2.45, 2.75) is 31.4 Å². The first-order valence-corrected chi connectivity index (χ1v) is 11.5. The molecule has 8 nitrogen and oxygen atoms in total. The Hall–Kier alpha value is -3.33. The van der Waals surface area contributed by atoms with E-state index in [1.54, 1.807) is 9.80 Å². The molecule has 1 saturated heterocycles. The average Bonchev–Trinajstić information content (AvgIpc) is 2.94. The summed E-state index contributed by atoms with van der Waals surface area (Å²) in [5.41, 5.74) is -0.196.